The van der Waals surface area contributed by atoms with Crippen molar-refractivity contribution in [2.75, 3.05) is 13.1 Å². The molecule has 2 aromatic rings. The largest absolute Gasteiger partial charge is 0.315 e. The minimum absolute atomic E-state index is 0.801. The Morgan fingerprint density at radius 3 is 2.84 bits per heavy atom. The van der Waals surface area contributed by atoms with Crippen molar-refractivity contribution in [3.63, 3.8) is 0 Å². The van der Waals surface area contributed by atoms with Crippen LogP contribution >= 0.6 is 34.4 Å². The summed E-state index contributed by atoms with van der Waals surface area (Å²) in [6.07, 6.45) is 0. The highest BCUT2D eigenvalue weighted by molar-refractivity contribution is 14.1. The zero-order chi connectivity index (χ0) is 13.5. The summed E-state index contributed by atoms with van der Waals surface area (Å²) in [5.41, 5.74) is 1.28. The first-order valence-corrected chi connectivity index (χ1v) is 8.20. The Hall–Kier alpha value is -0.670. The Bertz CT molecular complexity index is 499. The third-order valence-electron chi connectivity index (χ3n) is 2.53. The Morgan fingerprint density at radius 1 is 1.32 bits per heavy atom. The molecule has 0 aliphatic heterocycles. The highest BCUT2D eigenvalue weighted by Gasteiger charge is 2.06. The van der Waals surface area contributed by atoms with Gasteiger partial charge in [0.15, 0.2) is 0 Å². The highest BCUT2D eigenvalue weighted by Crippen LogP contribution is 2.20. The number of tetrazole rings is 1. The molecular weight excluding hydrogens is 373 g/mol. The molecule has 7 heteroatoms. The van der Waals surface area contributed by atoms with Crippen molar-refractivity contribution in [2.24, 2.45) is 0 Å². The van der Waals surface area contributed by atoms with Crippen LogP contribution < -0.4 is 5.32 Å². The second kappa shape index (κ2) is 7.81. The molecule has 1 heterocycles. The van der Waals surface area contributed by atoms with Crippen molar-refractivity contribution >= 4 is 34.4 Å². The van der Waals surface area contributed by atoms with Gasteiger partial charge in [0.25, 0.3) is 0 Å². The smallest absolute Gasteiger partial charge is 0.209 e. The lowest BCUT2D eigenvalue weighted by molar-refractivity contribution is 0.517. The summed E-state index contributed by atoms with van der Waals surface area (Å²) in [5.74, 6) is 0.887. The van der Waals surface area contributed by atoms with Crippen LogP contribution in [0.4, 0.5) is 0 Å². The summed E-state index contributed by atoms with van der Waals surface area (Å²) in [4.78, 5) is 0. The second-order valence-corrected chi connectivity index (χ2v) is 6.14. The van der Waals surface area contributed by atoms with Gasteiger partial charge in [0.05, 0.1) is 6.54 Å². The number of halogens is 1. The molecule has 1 aromatic heterocycles. The monoisotopic (exact) mass is 389 g/mol. The average Bonchev–Trinajstić information content (AvgIpc) is 2.86. The lowest BCUT2D eigenvalue weighted by atomic mass is 10.2. The van der Waals surface area contributed by atoms with E-state index in [1.165, 1.54) is 9.13 Å². The van der Waals surface area contributed by atoms with E-state index in [1.54, 1.807) is 11.8 Å². The van der Waals surface area contributed by atoms with Gasteiger partial charge >= 0.3 is 0 Å². The summed E-state index contributed by atoms with van der Waals surface area (Å²) in [5, 5.41) is 16.0. The van der Waals surface area contributed by atoms with Crippen LogP contribution in [0.2, 0.25) is 0 Å². The molecule has 0 amide bonds. The van der Waals surface area contributed by atoms with Crippen LogP contribution in [0.1, 0.15) is 12.5 Å². The van der Waals surface area contributed by atoms with Crippen molar-refractivity contribution in [1.29, 1.82) is 0 Å². The van der Waals surface area contributed by atoms with Crippen molar-refractivity contribution in [1.82, 2.24) is 25.5 Å². The van der Waals surface area contributed by atoms with Crippen LogP contribution in [0, 0.1) is 3.57 Å². The van der Waals surface area contributed by atoms with Crippen LogP contribution in [0.5, 0.6) is 0 Å². The summed E-state index contributed by atoms with van der Waals surface area (Å²) in [6, 6.07) is 8.51. The zero-order valence-corrected chi connectivity index (χ0v) is 13.7. The van der Waals surface area contributed by atoms with Crippen LogP contribution in [-0.2, 0) is 12.3 Å². The van der Waals surface area contributed by atoms with E-state index in [0.717, 1.165) is 30.5 Å². The van der Waals surface area contributed by atoms with Gasteiger partial charge in [-0.2, -0.15) is 0 Å². The number of nitrogens with zero attached hydrogens (tertiary/aromatic N) is 4. The quantitative estimate of drug-likeness (QED) is 0.447. The van der Waals surface area contributed by atoms with Crippen molar-refractivity contribution in [2.45, 2.75) is 24.4 Å². The normalized spacial score (nSPS) is 10.8. The van der Waals surface area contributed by atoms with Gasteiger partial charge in [-0.3, -0.25) is 0 Å². The van der Waals surface area contributed by atoms with Gasteiger partial charge in [-0.05, 0) is 57.3 Å². The molecular formula is C12H16IN5S. The van der Waals surface area contributed by atoms with E-state index in [2.05, 4.69) is 74.6 Å². The van der Waals surface area contributed by atoms with Gasteiger partial charge in [-0.15, -0.1) is 5.10 Å². The molecule has 0 saturated carbocycles. The Labute approximate surface area is 130 Å². The number of rotatable bonds is 7. The molecule has 0 atom stereocenters. The van der Waals surface area contributed by atoms with E-state index in [-0.39, 0.29) is 0 Å². The van der Waals surface area contributed by atoms with Gasteiger partial charge < -0.3 is 5.32 Å². The Kier molecular flexibility index (Phi) is 6.05. The first-order chi connectivity index (χ1) is 9.29. The van der Waals surface area contributed by atoms with E-state index in [0.29, 0.717) is 0 Å². The van der Waals surface area contributed by atoms with Crippen LogP contribution in [0.3, 0.4) is 0 Å². The molecule has 1 aromatic carbocycles. The van der Waals surface area contributed by atoms with Gasteiger partial charge in [0.2, 0.25) is 5.16 Å². The standard InChI is InChI=1S/C12H16IN5S/c1-2-14-7-8-18-12(15-16-17-18)19-9-10-3-5-11(13)6-4-10/h3-6,14H,2,7-9H2,1H3. The SMILES string of the molecule is CCNCCn1nnnc1SCc1ccc(I)cc1. The Balaban J connectivity index is 1.88. The molecule has 2 rings (SSSR count). The molecule has 0 bridgehead atoms. The van der Waals surface area contributed by atoms with Crippen molar-refractivity contribution in [3.8, 4) is 0 Å². The first-order valence-electron chi connectivity index (χ1n) is 6.13. The lowest BCUT2D eigenvalue weighted by Gasteiger charge is -2.05. The molecule has 0 saturated heterocycles. The predicted molar refractivity (Wildman–Crippen MR) is 85.1 cm³/mol. The maximum atomic E-state index is 4.06. The summed E-state index contributed by atoms with van der Waals surface area (Å²) >= 11 is 3.98. The van der Waals surface area contributed by atoms with E-state index in [1.807, 2.05) is 4.68 Å². The van der Waals surface area contributed by atoms with Crippen LogP contribution in [0.25, 0.3) is 0 Å². The highest BCUT2D eigenvalue weighted by atomic mass is 127. The lowest BCUT2D eigenvalue weighted by Crippen LogP contribution is -2.20. The fraction of sp³-hybridized carbons (Fsp3) is 0.417. The molecule has 0 unspecified atom stereocenters. The molecule has 0 spiro atoms. The summed E-state index contributed by atoms with van der Waals surface area (Å²) in [6.45, 7) is 4.74. The molecule has 0 aliphatic rings. The van der Waals surface area contributed by atoms with Crippen molar-refractivity contribution < 1.29 is 0 Å². The number of hydrogen-bond donors (Lipinski definition) is 1. The number of aromatic nitrogens is 4. The zero-order valence-electron chi connectivity index (χ0n) is 10.7. The fourth-order valence-corrected chi connectivity index (χ4v) is 2.75. The first kappa shape index (κ1) is 14.7. The topological polar surface area (TPSA) is 55.6 Å². The summed E-state index contributed by atoms with van der Waals surface area (Å²) < 4.78 is 3.10. The molecule has 0 radical (unpaired) electrons. The third kappa shape index (κ3) is 4.73. The number of nitrogens with one attached hydrogen (secondary N) is 1. The van der Waals surface area contributed by atoms with Crippen molar-refractivity contribution in [3.05, 3.63) is 33.4 Å². The molecule has 102 valence electrons. The van der Waals surface area contributed by atoms with Gasteiger partial charge in [0.1, 0.15) is 0 Å². The van der Waals surface area contributed by atoms with E-state index in [9.17, 15) is 0 Å². The number of benzene rings is 1. The van der Waals surface area contributed by atoms with E-state index >= 15 is 0 Å². The number of thioether (sulfide) groups is 1. The molecule has 1 N–H and O–H groups in total. The second-order valence-electron chi connectivity index (χ2n) is 3.95. The van der Waals surface area contributed by atoms with Gasteiger partial charge in [0, 0.05) is 15.9 Å². The van der Waals surface area contributed by atoms with E-state index in [4.69, 9.17) is 0 Å². The minimum Gasteiger partial charge on any atom is -0.315 e. The fourth-order valence-electron chi connectivity index (χ4n) is 1.53. The maximum Gasteiger partial charge on any atom is 0.209 e. The molecule has 0 fully saturated rings. The maximum absolute atomic E-state index is 4.06. The number of likely N-dealkylation sites (N-methyl/N-ethyl adjacent to an activating group) is 1. The van der Waals surface area contributed by atoms with Crippen LogP contribution in [0.15, 0.2) is 29.4 Å². The van der Waals surface area contributed by atoms with Gasteiger partial charge in [-0.1, -0.05) is 30.8 Å². The number of hydrogen-bond acceptors (Lipinski definition) is 5. The molecule has 5 nitrogen and oxygen atoms in total. The summed E-state index contributed by atoms with van der Waals surface area (Å²) in [7, 11) is 0. The third-order valence-corrected chi connectivity index (χ3v) is 4.28. The molecule has 19 heavy (non-hydrogen) atoms. The van der Waals surface area contributed by atoms with E-state index < -0.39 is 0 Å². The minimum atomic E-state index is 0.801. The predicted octanol–water partition coefficient (Wildman–Crippen LogP) is 2.18. The average molecular weight is 389 g/mol. The molecule has 0 aliphatic carbocycles. The van der Waals surface area contributed by atoms with Crippen LogP contribution in [-0.4, -0.2) is 33.3 Å². The Morgan fingerprint density at radius 2 is 2.11 bits per heavy atom. The van der Waals surface area contributed by atoms with Gasteiger partial charge in [-0.25, -0.2) is 4.68 Å².